The van der Waals surface area contributed by atoms with Crippen LogP contribution in [0.5, 0.6) is 0 Å². The summed E-state index contributed by atoms with van der Waals surface area (Å²) in [5.41, 5.74) is 2.18. The van der Waals surface area contributed by atoms with Crippen molar-refractivity contribution in [1.29, 1.82) is 0 Å². The van der Waals surface area contributed by atoms with E-state index in [1.165, 1.54) is 17.8 Å². The molecule has 0 fully saturated rings. The molecular weight excluding hydrogens is 469 g/mol. The lowest BCUT2D eigenvalue weighted by atomic mass is 10.2. The van der Waals surface area contributed by atoms with Crippen molar-refractivity contribution in [3.05, 3.63) is 69.5 Å². The van der Waals surface area contributed by atoms with Gasteiger partial charge in [0.05, 0.1) is 21.8 Å². The second-order valence-electron chi connectivity index (χ2n) is 7.06. The van der Waals surface area contributed by atoms with Crippen molar-refractivity contribution in [2.24, 2.45) is 0 Å². The average molecular weight is 492 g/mol. The molecule has 3 rings (SSSR count). The number of aromatic nitrogens is 3. The van der Waals surface area contributed by atoms with Gasteiger partial charge < -0.3 is 15.2 Å². The Morgan fingerprint density at radius 3 is 2.56 bits per heavy atom. The van der Waals surface area contributed by atoms with Crippen molar-refractivity contribution in [3.63, 3.8) is 0 Å². The smallest absolute Gasteiger partial charge is 0.251 e. The third-order valence-electron chi connectivity index (χ3n) is 4.73. The third kappa shape index (κ3) is 5.82. The molecule has 2 aromatic carbocycles. The van der Waals surface area contributed by atoms with Crippen LogP contribution in [0, 0.1) is 6.92 Å². The van der Waals surface area contributed by atoms with E-state index < -0.39 is 6.04 Å². The first-order valence-corrected chi connectivity index (χ1v) is 11.7. The molecule has 0 spiro atoms. The lowest BCUT2D eigenvalue weighted by Gasteiger charge is -2.15. The van der Waals surface area contributed by atoms with Gasteiger partial charge in [0.15, 0.2) is 11.0 Å². The topological polar surface area (TPSA) is 88.9 Å². The van der Waals surface area contributed by atoms with Crippen LogP contribution in [0.2, 0.25) is 10.0 Å². The van der Waals surface area contributed by atoms with Crippen LogP contribution >= 0.6 is 35.0 Å². The van der Waals surface area contributed by atoms with Gasteiger partial charge in [-0.05, 0) is 50.6 Å². The van der Waals surface area contributed by atoms with Crippen LogP contribution in [0.1, 0.15) is 41.6 Å². The summed E-state index contributed by atoms with van der Waals surface area (Å²) >= 11 is 13.2. The molecule has 0 aliphatic carbocycles. The predicted molar refractivity (Wildman–Crippen MR) is 129 cm³/mol. The quantitative estimate of drug-likeness (QED) is 0.426. The van der Waals surface area contributed by atoms with Crippen molar-refractivity contribution >= 4 is 52.5 Å². The van der Waals surface area contributed by atoms with Crippen molar-refractivity contribution in [1.82, 2.24) is 20.1 Å². The Morgan fingerprint density at radius 2 is 1.88 bits per heavy atom. The molecule has 0 bridgehead atoms. The summed E-state index contributed by atoms with van der Waals surface area (Å²) in [6.45, 7) is 6.32. The summed E-state index contributed by atoms with van der Waals surface area (Å²) in [4.78, 5) is 25.0. The van der Waals surface area contributed by atoms with Gasteiger partial charge >= 0.3 is 0 Å². The van der Waals surface area contributed by atoms with Crippen LogP contribution < -0.4 is 10.6 Å². The molecule has 0 saturated carbocycles. The largest absolute Gasteiger partial charge is 0.342 e. The number of aryl methyl sites for hydroxylation is 1. The summed E-state index contributed by atoms with van der Waals surface area (Å²) < 4.78 is 1.88. The van der Waals surface area contributed by atoms with Crippen molar-refractivity contribution in [2.45, 2.75) is 38.5 Å². The number of rotatable bonds is 8. The normalized spacial score (nSPS) is 11.8. The first kappa shape index (κ1) is 24.1. The van der Waals surface area contributed by atoms with Gasteiger partial charge in [-0.15, -0.1) is 10.2 Å². The highest BCUT2D eigenvalue weighted by Gasteiger charge is 2.20. The average Bonchev–Trinajstić information content (AvgIpc) is 3.19. The minimum atomic E-state index is -0.403. The number of carbonyl (C=O) groups is 2. The highest BCUT2D eigenvalue weighted by Crippen LogP contribution is 2.24. The minimum absolute atomic E-state index is 0.127. The molecule has 0 aliphatic rings. The molecule has 10 heteroatoms. The summed E-state index contributed by atoms with van der Waals surface area (Å²) in [5, 5.41) is 15.6. The number of hydrogen-bond donors (Lipinski definition) is 2. The molecule has 1 aromatic heterocycles. The summed E-state index contributed by atoms with van der Waals surface area (Å²) in [6.07, 6.45) is 0. The number of anilines is 1. The van der Waals surface area contributed by atoms with Gasteiger partial charge in [0.25, 0.3) is 5.91 Å². The molecule has 0 radical (unpaired) electrons. The van der Waals surface area contributed by atoms with Crippen molar-refractivity contribution < 1.29 is 9.59 Å². The van der Waals surface area contributed by atoms with E-state index in [0.717, 1.165) is 11.3 Å². The van der Waals surface area contributed by atoms with E-state index in [9.17, 15) is 9.59 Å². The van der Waals surface area contributed by atoms with Crippen LogP contribution in [0.15, 0.2) is 47.6 Å². The van der Waals surface area contributed by atoms with Crippen LogP contribution in [-0.2, 0) is 11.3 Å². The van der Waals surface area contributed by atoms with Crippen LogP contribution in [-0.4, -0.2) is 32.3 Å². The number of para-hydroxylation sites is 1. The number of thioether (sulfide) groups is 1. The zero-order chi connectivity index (χ0) is 23.3. The fourth-order valence-corrected chi connectivity index (χ4v) is 4.14. The molecule has 0 aliphatic heterocycles. The zero-order valence-corrected chi connectivity index (χ0v) is 20.2. The monoisotopic (exact) mass is 491 g/mol. The molecule has 3 aromatic rings. The number of benzene rings is 2. The maximum Gasteiger partial charge on any atom is 0.251 e. The SMILES string of the molecule is CCn1c(SCC(=O)Nc2ccccc2C)nnc1[C@H](C)NC(=O)c1ccc(Cl)c(Cl)c1. The van der Waals surface area contributed by atoms with Crippen LogP contribution in [0.25, 0.3) is 0 Å². The van der Waals surface area contributed by atoms with Gasteiger partial charge in [0, 0.05) is 17.8 Å². The molecule has 2 amide bonds. The Hall–Kier alpha value is -2.55. The maximum absolute atomic E-state index is 12.6. The lowest BCUT2D eigenvalue weighted by molar-refractivity contribution is -0.113. The van der Waals surface area contributed by atoms with E-state index in [4.69, 9.17) is 23.2 Å². The van der Waals surface area contributed by atoms with Gasteiger partial charge in [-0.2, -0.15) is 0 Å². The number of hydrogen-bond acceptors (Lipinski definition) is 5. The molecule has 2 N–H and O–H groups in total. The Morgan fingerprint density at radius 1 is 1.12 bits per heavy atom. The molecular formula is C22H23Cl2N5O2S. The highest BCUT2D eigenvalue weighted by atomic mass is 35.5. The number of carbonyl (C=O) groups excluding carboxylic acids is 2. The molecule has 0 unspecified atom stereocenters. The molecule has 1 atom stereocenters. The Labute approximate surface area is 200 Å². The first-order valence-electron chi connectivity index (χ1n) is 9.97. The number of nitrogens with zero attached hydrogens (tertiary/aromatic N) is 3. The van der Waals surface area contributed by atoms with Gasteiger partial charge in [0.1, 0.15) is 0 Å². The fourth-order valence-electron chi connectivity index (χ4n) is 3.04. The molecule has 168 valence electrons. The second-order valence-corrected chi connectivity index (χ2v) is 8.82. The highest BCUT2D eigenvalue weighted by molar-refractivity contribution is 7.99. The van der Waals surface area contributed by atoms with Crippen molar-refractivity contribution in [2.75, 3.05) is 11.1 Å². The number of halogens is 2. The van der Waals surface area contributed by atoms with E-state index in [-0.39, 0.29) is 17.6 Å². The fraction of sp³-hybridized carbons (Fsp3) is 0.273. The lowest BCUT2D eigenvalue weighted by Crippen LogP contribution is -2.28. The maximum atomic E-state index is 12.6. The van der Waals surface area contributed by atoms with E-state index in [1.54, 1.807) is 12.1 Å². The zero-order valence-electron chi connectivity index (χ0n) is 17.9. The predicted octanol–water partition coefficient (Wildman–Crippen LogP) is 5.14. The number of amides is 2. The van der Waals surface area contributed by atoms with Crippen LogP contribution in [0.4, 0.5) is 5.69 Å². The molecule has 32 heavy (non-hydrogen) atoms. The summed E-state index contributed by atoms with van der Waals surface area (Å²) in [6, 6.07) is 11.9. The summed E-state index contributed by atoms with van der Waals surface area (Å²) in [5.74, 6) is 0.366. The van der Waals surface area contributed by atoms with Crippen LogP contribution in [0.3, 0.4) is 0 Å². The molecule has 0 saturated heterocycles. The Kier molecular flexibility index (Phi) is 8.17. The second kappa shape index (κ2) is 10.8. The van der Waals surface area contributed by atoms with E-state index in [2.05, 4.69) is 20.8 Å². The third-order valence-corrected chi connectivity index (χ3v) is 6.44. The van der Waals surface area contributed by atoms with E-state index in [1.807, 2.05) is 49.6 Å². The van der Waals surface area contributed by atoms with E-state index >= 15 is 0 Å². The Bertz CT molecular complexity index is 1140. The number of nitrogens with one attached hydrogen (secondary N) is 2. The van der Waals surface area contributed by atoms with Gasteiger partial charge in [-0.25, -0.2) is 0 Å². The van der Waals surface area contributed by atoms with E-state index in [0.29, 0.717) is 33.1 Å². The summed E-state index contributed by atoms with van der Waals surface area (Å²) in [7, 11) is 0. The Balaban J connectivity index is 1.64. The molecule has 7 nitrogen and oxygen atoms in total. The molecule has 1 heterocycles. The van der Waals surface area contributed by atoms with Crippen molar-refractivity contribution in [3.8, 4) is 0 Å². The standard InChI is InChI=1S/C22H23Cl2N5O2S/c1-4-29-20(14(3)25-21(31)15-9-10-16(23)17(24)11-15)27-28-22(29)32-12-19(30)26-18-8-6-5-7-13(18)2/h5-11,14H,4,12H2,1-3H3,(H,25,31)(H,26,30)/t14-/m0/s1. The first-order chi connectivity index (χ1) is 15.3. The van der Waals surface area contributed by atoms with Gasteiger partial charge in [0.2, 0.25) is 5.91 Å². The minimum Gasteiger partial charge on any atom is -0.342 e. The van der Waals surface area contributed by atoms with Gasteiger partial charge in [-0.3, -0.25) is 9.59 Å². The van der Waals surface area contributed by atoms with Gasteiger partial charge in [-0.1, -0.05) is 53.2 Å².